The second kappa shape index (κ2) is 11.3. The van der Waals surface area contributed by atoms with E-state index in [1.165, 1.54) is 12.8 Å². The van der Waals surface area contributed by atoms with Crippen LogP contribution in [-0.4, -0.2) is 57.3 Å². The van der Waals surface area contributed by atoms with Crippen LogP contribution in [0.15, 0.2) is 5.38 Å². The Morgan fingerprint density at radius 2 is 2.04 bits per heavy atom. The van der Waals surface area contributed by atoms with Crippen molar-refractivity contribution in [3.8, 4) is 0 Å². The Bertz CT molecular complexity index is 541. The third-order valence-electron chi connectivity index (χ3n) is 5.05. The van der Waals surface area contributed by atoms with E-state index in [0.29, 0.717) is 13.2 Å². The Hall–Kier alpha value is -0.600. The molecule has 1 aromatic rings. The molecule has 6 nitrogen and oxygen atoms in total. The van der Waals surface area contributed by atoms with Gasteiger partial charge in [0, 0.05) is 38.5 Å². The van der Waals surface area contributed by atoms with Crippen molar-refractivity contribution < 1.29 is 9.53 Å². The number of carbonyl (C=O) groups excluding carboxylic acids is 1. The number of amides is 1. The Labute approximate surface area is 172 Å². The molecule has 0 bridgehead atoms. The van der Waals surface area contributed by atoms with E-state index in [0.717, 1.165) is 56.3 Å². The van der Waals surface area contributed by atoms with Gasteiger partial charge in [-0.1, -0.05) is 0 Å². The molecule has 0 radical (unpaired) electrons. The summed E-state index contributed by atoms with van der Waals surface area (Å²) >= 11 is 1.71. The summed E-state index contributed by atoms with van der Waals surface area (Å²) in [5, 5.41) is 9.67. The molecule has 26 heavy (non-hydrogen) atoms. The summed E-state index contributed by atoms with van der Waals surface area (Å²) in [6.07, 6.45) is 4.99. The summed E-state index contributed by atoms with van der Waals surface area (Å²) in [7, 11) is 1.67. The number of piperidine rings is 1. The average molecular weight is 425 g/mol. The fourth-order valence-corrected chi connectivity index (χ4v) is 4.49. The van der Waals surface area contributed by atoms with Gasteiger partial charge in [-0.2, -0.15) is 0 Å². The number of nitrogens with one attached hydrogen (secondary N) is 2. The molecule has 150 valence electrons. The first-order valence-electron chi connectivity index (χ1n) is 8.91. The maximum absolute atomic E-state index is 12.7. The van der Waals surface area contributed by atoms with Crippen LogP contribution in [0.1, 0.15) is 31.4 Å². The quantitative estimate of drug-likeness (QED) is 0.702. The molecule has 0 saturated carbocycles. The molecule has 9 heteroatoms. The third-order valence-corrected chi connectivity index (χ3v) is 6.00. The molecule has 2 saturated heterocycles. The van der Waals surface area contributed by atoms with Crippen LogP contribution in [-0.2, 0) is 16.0 Å². The molecular weight excluding hydrogens is 395 g/mol. The van der Waals surface area contributed by atoms with Crippen molar-refractivity contribution in [2.45, 2.75) is 32.1 Å². The minimum absolute atomic E-state index is 0. The topological polar surface area (TPSA) is 66.5 Å². The van der Waals surface area contributed by atoms with Gasteiger partial charge < -0.3 is 20.3 Å². The number of carbonyl (C=O) groups is 1. The Morgan fingerprint density at radius 3 is 2.69 bits per heavy atom. The number of rotatable bonds is 7. The molecular formula is C17H30Cl2N4O2S. The van der Waals surface area contributed by atoms with Gasteiger partial charge in [0.25, 0.3) is 0 Å². The average Bonchev–Trinajstić information content (AvgIpc) is 3.27. The maximum Gasteiger partial charge on any atom is 0.228 e. The van der Waals surface area contributed by atoms with Crippen molar-refractivity contribution in [2.24, 2.45) is 5.41 Å². The highest BCUT2D eigenvalue weighted by Gasteiger charge is 2.39. The lowest BCUT2D eigenvalue weighted by atomic mass is 9.78. The van der Waals surface area contributed by atoms with Crippen molar-refractivity contribution in [1.29, 1.82) is 0 Å². The van der Waals surface area contributed by atoms with Crippen LogP contribution in [0.4, 0.5) is 5.13 Å². The minimum Gasteiger partial charge on any atom is -0.384 e. The van der Waals surface area contributed by atoms with Gasteiger partial charge in [-0.25, -0.2) is 4.98 Å². The maximum atomic E-state index is 12.7. The van der Waals surface area contributed by atoms with Crippen molar-refractivity contribution in [2.75, 3.05) is 51.3 Å². The first-order valence-corrected chi connectivity index (χ1v) is 9.79. The van der Waals surface area contributed by atoms with E-state index in [1.54, 1.807) is 18.4 Å². The first kappa shape index (κ1) is 23.4. The number of hydrogen-bond acceptors (Lipinski definition) is 6. The predicted molar refractivity (Wildman–Crippen MR) is 111 cm³/mol. The number of halogens is 2. The predicted octanol–water partition coefficient (Wildman–Crippen LogP) is 2.26. The van der Waals surface area contributed by atoms with Crippen LogP contribution < -0.4 is 15.5 Å². The van der Waals surface area contributed by atoms with E-state index >= 15 is 0 Å². The smallest absolute Gasteiger partial charge is 0.228 e. The molecule has 0 aromatic carbocycles. The van der Waals surface area contributed by atoms with Gasteiger partial charge in [0.15, 0.2) is 5.13 Å². The number of hydrogen-bond donors (Lipinski definition) is 2. The molecule has 3 heterocycles. The monoisotopic (exact) mass is 424 g/mol. The summed E-state index contributed by atoms with van der Waals surface area (Å²) in [5.74, 6) is 0.126. The van der Waals surface area contributed by atoms with Crippen LogP contribution in [0.25, 0.3) is 0 Å². The van der Waals surface area contributed by atoms with Crippen molar-refractivity contribution in [3.05, 3.63) is 11.1 Å². The largest absolute Gasteiger partial charge is 0.384 e. The molecule has 3 rings (SSSR count). The second-order valence-electron chi connectivity index (χ2n) is 6.78. The van der Waals surface area contributed by atoms with Crippen LogP contribution >= 0.6 is 36.2 Å². The van der Waals surface area contributed by atoms with Crippen molar-refractivity contribution in [1.82, 2.24) is 15.6 Å². The van der Waals surface area contributed by atoms with E-state index in [2.05, 4.69) is 20.9 Å². The standard InChI is InChI=1S/C17H28N4O2S.2ClH/c1-23-13-17(5-8-18-9-6-17)15(22)19-7-4-14-12-24-16(20-14)21-10-2-3-11-21;;/h12,18H,2-11,13H2,1H3,(H,19,22);2*1H. The molecule has 0 spiro atoms. The number of anilines is 1. The van der Waals surface area contributed by atoms with Crippen LogP contribution in [0, 0.1) is 5.41 Å². The van der Waals surface area contributed by atoms with Crippen LogP contribution in [0.2, 0.25) is 0 Å². The van der Waals surface area contributed by atoms with E-state index < -0.39 is 0 Å². The SMILES string of the molecule is COCC1(C(=O)NCCc2csc(N3CCCC3)n2)CCNCC1.Cl.Cl. The zero-order valence-electron chi connectivity index (χ0n) is 15.3. The van der Waals surface area contributed by atoms with E-state index in [9.17, 15) is 4.79 Å². The highest BCUT2D eigenvalue weighted by atomic mass is 35.5. The molecule has 1 amide bonds. The Kier molecular flexibility index (Phi) is 10.2. The highest BCUT2D eigenvalue weighted by Crippen LogP contribution is 2.29. The fraction of sp³-hybridized carbons (Fsp3) is 0.765. The zero-order valence-corrected chi connectivity index (χ0v) is 17.7. The summed E-state index contributed by atoms with van der Waals surface area (Å²) in [5.41, 5.74) is 0.705. The van der Waals surface area contributed by atoms with Crippen LogP contribution in [0.3, 0.4) is 0 Å². The van der Waals surface area contributed by atoms with Gasteiger partial charge in [-0.15, -0.1) is 36.2 Å². The zero-order chi connectivity index (χ0) is 16.8. The van der Waals surface area contributed by atoms with E-state index in [-0.39, 0.29) is 36.1 Å². The molecule has 0 aliphatic carbocycles. The third kappa shape index (κ3) is 5.70. The molecule has 2 N–H and O–H groups in total. The molecule has 2 fully saturated rings. The molecule has 2 aliphatic rings. The lowest BCUT2D eigenvalue weighted by Crippen LogP contribution is -2.50. The van der Waals surface area contributed by atoms with Gasteiger partial charge in [0.1, 0.15) is 0 Å². The number of aromatic nitrogens is 1. The number of nitrogens with zero attached hydrogens (tertiary/aromatic N) is 2. The summed E-state index contributed by atoms with van der Waals surface area (Å²) in [6, 6.07) is 0. The molecule has 1 aromatic heterocycles. The second-order valence-corrected chi connectivity index (χ2v) is 7.62. The fourth-order valence-electron chi connectivity index (χ4n) is 3.57. The number of thiazole rings is 1. The summed E-state index contributed by atoms with van der Waals surface area (Å²) < 4.78 is 5.33. The lowest BCUT2D eigenvalue weighted by molar-refractivity contribution is -0.136. The number of ether oxygens (including phenoxy) is 1. The molecule has 0 atom stereocenters. The van der Waals surface area contributed by atoms with Crippen molar-refractivity contribution in [3.63, 3.8) is 0 Å². The van der Waals surface area contributed by atoms with Crippen molar-refractivity contribution >= 4 is 47.2 Å². The van der Waals surface area contributed by atoms with Crippen LogP contribution in [0.5, 0.6) is 0 Å². The summed E-state index contributed by atoms with van der Waals surface area (Å²) in [4.78, 5) is 19.7. The van der Waals surface area contributed by atoms with Gasteiger partial charge in [-0.05, 0) is 38.8 Å². The van der Waals surface area contributed by atoms with Gasteiger partial charge in [-0.3, -0.25) is 4.79 Å². The number of methoxy groups -OCH3 is 1. The summed E-state index contributed by atoms with van der Waals surface area (Å²) in [6.45, 7) is 5.13. The molecule has 0 unspecified atom stereocenters. The molecule has 2 aliphatic heterocycles. The minimum atomic E-state index is -0.372. The Morgan fingerprint density at radius 1 is 1.35 bits per heavy atom. The van der Waals surface area contributed by atoms with Gasteiger partial charge in [0.2, 0.25) is 5.91 Å². The van der Waals surface area contributed by atoms with E-state index in [4.69, 9.17) is 9.72 Å². The van der Waals surface area contributed by atoms with E-state index in [1.807, 2.05) is 0 Å². The highest BCUT2D eigenvalue weighted by molar-refractivity contribution is 7.13. The first-order chi connectivity index (χ1) is 11.7. The van der Waals surface area contributed by atoms with Gasteiger partial charge in [0.05, 0.1) is 17.7 Å². The van der Waals surface area contributed by atoms with Gasteiger partial charge >= 0.3 is 0 Å². The Balaban J connectivity index is 0.00000169. The lowest BCUT2D eigenvalue weighted by Gasteiger charge is -2.35. The normalized spacial score (nSPS) is 18.7.